The van der Waals surface area contributed by atoms with E-state index in [2.05, 4.69) is 0 Å². The molecular weight excluding hydrogens is 308 g/mol. The zero-order valence-corrected chi connectivity index (χ0v) is 12.6. The quantitative estimate of drug-likeness (QED) is 0.661. The highest BCUT2D eigenvalue weighted by Gasteiger charge is 2.22. The van der Waals surface area contributed by atoms with Crippen LogP contribution in [0.1, 0.15) is 11.7 Å². The second kappa shape index (κ2) is 6.06. The van der Waals surface area contributed by atoms with E-state index in [4.69, 9.17) is 19.8 Å². The second-order valence-electron chi connectivity index (χ2n) is 3.97. The van der Waals surface area contributed by atoms with E-state index in [1.807, 2.05) is 0 Å². The molecule has 0 aromatic heterocycles. The molecule has 114 valence electrons. The first-order valence-corrected chi connectivity index (χ1v) is 8.74. The average molecular weight is 324 g/mol. The van der Waals surface area contributed by atoms with Gasteiger partial charge in [-0.2, -0.15) is 8.42 Å². The van der Waals surface area contributed by atoms with Crippen molar-refractivity contribution in [3.8, 4) is 5.75 Å². The lowest BCUT2D eigenvalue weighted by molar-refractivity contribution is 0.218. The van der Waals surface area contributed by atoms with Gasteiger partial charge in [0.05, 0.1) is 18.3 Å². The number of hydrogen-bond donors (Lipinski definition) is 2. The number of sulfonamides is 1. The monoisotopic (exact) mass is 324 g/mol. The third kappa shape index (κ3) is 4.42. The molecule has 0 aliphatic carbocycles. The molecule has 0 radical (unpaired) electrons. The van der Waals surface area contributed by atoms with E-state index < -0.39 is 26.2 Å². The minimum absolute atomic E-state index is 0.183. The maximum absolute atomic E-state index is 11.3. The van der Waals surface area contributed by atoms with Gasteiger partial charge in [-0.1, -0.05) is 0 Å². The van der Waals surface area contributed by atoms with Gasteiger partial charge in [0.25, 0.3) is 10.1 Å². The van der Waals surface area contributed by atoms with Crippen molar-refractivity contribution >= 4 is 20.1 Å². The molecule has 0 aliphatic heterocycles. The van der Waals surface area contributed by atoms with Crippen molar-refractivity contribution in [3.63, 3.8) is 0 Å². The van der Waals surface area contributed by atoms with Crippen LogP contribution in [0.15, 0.2) is 23.1 Å². The lowest BCUT2D eigenvalue weighted by Crippen LogP contribution is -2.20. The summed E-state index contributed by atoms with van der Waals surface area (Å²) < 4.78 is 54.9. The predicted octanol–water partition coefficient (Wildman–Crippen LogP) is -0.681. The zero-order valence-electron chi connectivity index (χ0n) is 10.9. The Balaban J connectivity index is 3.38. The van der Waals surface area contributed by atoms with E-state index in [1.54, 1.807) is 0 Å². The van der Waals surface area contributed by atoms with Crippen LogP contribution in [-0.4, -0.2) is 36.7 Å². The summed E-state index contributed by atoms with van der Waals surface area (Å²) in [6.45, 7) is -0.183. The highest BCUT2D eigenvalue weighted by atomic mass is 32.2. The summed E-state index contributed by atoms with van der Waals surface area (Å²) in [4.78, 5) is -0.191. The topological polar surface area (TPSA) is 139 Å². The third-order valence-corrected chi connectivity index (χ3v) is 3.87. The number of methoxy groups -OCH3 is 1. The highest BCUT2D eigenvalue weighted by molar-refractivity contribution is 7.89. The van der Waals surface area contributed by atoms with Crippen LogP contribution in [0.5, 0.6) is 5.75 Å². The van der Waals surface area contributed by atoms with Gasteiger partial charge < -0.3 is 10.5 Å². The summed E-state index contributed by atoms with van der Waals surface area (Å²) >= 11 is 0. The lowest BCUT2D eigenvalue weighted by Gasteiger charge is -2.18. The molecule has 1 aromatic carbocycles. The minimum atomic E-state index is -3.94. The highest BCUT2D eigenvalue weighted by Crippen LogP contribution is 2.30. The van der Waals surface area contributed by atoms with Crippen LogP contribution < -0.4 is 15.6 Å². The van der Waals surface area contributed by atoms with Crippen molar-refractivity contribution in [1.29, 1.82) is 0 Å². The molecule has 8 nitrogen and oxygen atoms in total. The number of benzene rings is 1. The Kier molecular flexibility index (Phi) is 5.10. The van der Waals surface area contributed by atoms with Gasteiger partial charge in [0.1, 0.15) is 11.9 Å². The summed E-state index contributed by atoms with van der Waals surface area (Å²) in [5, 5.41) is 5.03. The molecule has 1 atom stereocenters. The van der Waals surface area contributed by atoms with Gasteiger partial charge in [-0.3, -0.25) is 4.18 Å². The van der Waals surface area contributed by atoms with Crippen LogP contribution in [0.25, 0.3) is 0 Å². The van der Waals surface area contributed by atoms with Crippen molar-refractivity contribution in [2.24, 2.45) is 10.9 Å². The summed E-state index contributed by atoms with van der Waals surface area (Å²) in [6, 6.07) is 3.77. The molecular formula is C10H16N2O6S2. The van der Waals surface area contributed by atoms with Crippen molar-refractivity contribution in [2.45, 2.75) is 11.0 Å². The van der Waals surface area contributed by atoms with E-state index in [1.165, 1.54) is 25.3 Å². The Morgan fingerprint density at radius 1 is 1.25 bits per heavy atom. The standard InChI is InChI=1S/C10H16N2O6S2/c1-17-9-4-3-7(20(12,15)16)5-8(9)10(6-11)18-19(2,13)14/h3-5,10H,6,11H2,1-2H3,(H2,12,15,16). The zero-order chi connectivity index (χ0) is 15.6. The molecule has 4 N–H and O–H groups in total. The first-order chi connectivity index (χ1) is 9.08. The van der Waals surface area contributed by atoms with Crippen molar-refractivity contribution < 1.29 is 25.8 Å². The molecule has 0 aliphatic rings. The van der Waals surface area contributed by atoms with Gasteiger partial charge in [0.15, 0.2) is 0 Å². The van der Waals surface area contributed by atoms with Crippen LogP contribution in [0.2, 0.25) is 0 Å². The molecule has 0 amide bonds. The van der Waals surface area contributed by atoms with Crippen molar-refractivity contribution in [3.05, 3.63) is 23.8 Å². The van der Waals surface area contributed by atoms with Crippen LogP contribution >= 0.6 is 0 Å². The van der Waals surface area contributed by atoms with Gasteiger partial charge in [-0.05, 0) is 18.2 Å². The molecule has 20 heavy (non-hydrogen) atoms. The predicted molar refractivity (Wildman–Crippen MR) is 72.1 cm³/mol. The summed E-state index contributed by atoms with van der Waals surface area (Å²) in [6.07, 6.45) is -0.201. The number of nitrogens with two attached hydrogens (primary N) is 2. The first-order valence-electron chi connectivity index (χ1n) is 5.37. The summed E-state index contributed by atoms with van der Waals surface area (Å²) in [5.74, 6) is 0.247. The van der Waals surface area contributed by atoms with Gasteiger partial charge >= 0.3 is 0 Å². The SMILES string of the molecule is COc1ccc(S(N)(=O)=O)cc1C(CN)OS(C)(=O)=O. The van der Waals surface area contributed by atoms with Crippen molar-refractivity contribution in [2.75, 3.05) is 19.9 Å². The van der Waals surface area contributed by atoms with E-state index >= 15 is 0 Å². The normalized spacial score (nSPS) is 14.0. The van der Waals surface area contributed by atoms with Crippen molar-refractivity contribution in [1.82, 2.24) is 0 Å². The minimum Gasteiger partial charge on any atom is -0.496 e. The van der Waals surface area contributed by atoms with Crippen LogP contribution in [-0.2, 0) is 24.3 Å². The third-order valence-electron chi connectivity index (χ3n) is 2.38. The number of primary sulfonamides is 1. The molecule has 10 heteroatoms. The number of rotatable bonds is 6. The van der Waals surface area contributed by atoms with Gasteiger partial charge in [-0.25, -0.2) is 13.6 Å². The molecule has 1 rings (SSSR count). The average Bonchev–Trinajstić information content (AvgIpc) is 2.33. The molecule has 0 bridgehead atoms. The van der Waals surface area contributed by atoms with Crippen LogP contribution in [0.4, 0.5) is 0 Å². The van der Waals surface area contributed by atoms with Gasteiger partial charge in [0, 0.05) is 12.1 Å². The fraction of sp³-hybridized carbons (Fsp3) is 0.400. The summed E-state index contributed by atoms with van der Waals surface area (Å²) in [7, 11) is -6.36. The largest absolute Gasteiger partial charge is 0.496 e. The van der Waals surface area contributed by atoms with E-state index in [0.717, 1.165) is 6.26 Å². The summed E-state index contributed by atoms with van der Waals surface area (Å²) in [5.41, 5.74) is 5.66. The van der Waals surface area contributed by atoms with Crippen LogP contribution in [0.3, 0.4) is 0 Å². The fourth-order valence-electron chi connectivity index (χ4n) is 1.57. The molecule has 1 unspecified atom stereocenters. The number of ether oxygens (including phenoxy) is 1. The second-order valence-corrected chi connectivity index (χ2v) is 7.14. The molecule has 0 fully saturated rings. The maximum atomic E-state index is 11.3. The first kappa shape index (κ1) is 16.9. The lowest BCUT2D eigenvalue weighted by atomic mass is 10.1. The Morgan fingerprint density at radius 3 is 2.25 bits per heavy atom. The molecule has 1 aromatic rings. The Morgan fingerprint density at radius 2 is 1.85 bits per heavy atom. The van der Waals surface area contributed by atoms with E-state index in [0.29, 0.717) is 0 Å². The fourth-order valence-corrected chi connectivity index (χ4v) is 2.72. The van der Waals surface area contributed by atoms with Gasteiger partial charge in [-0.15, -0.1) is 0 Å². The van der Waals surface area contributed by atoms with Gasteiger partial charge in [0.2, 0.25) is 10.0 Å². The maximum Gasteiger partial charge on any atom is 0.265 e. The Labute approximate surface area is 117 Å². The molecule has 0 spiro atoms. The Bertz CT molecular complexity index is 684. The van der Waals surface area contributed by atoms with E-state index in [9.17, 15) is 16.8 Å². The number of hydrogen-bond acceptors (Lipinski definition) is 7. The van der Waals surface area contributed by atoms with Crippen LogP contribution in [0, 0.1) is 0 Å². The van der Waals surface area contributed by atoms with E-state index in [-0.39, 0.29) is 22.8 Å². The molecule has 0 heterocycles. The molecule has 0 saturated heterocycles. The Hall–Kier alpha value is -1.20. The smallest absolute Gasteiger partial charge is 0.265 e. The molecule has 0 saturated carbocycles.